The van der Waals surface area contributed by atoms with Crippen molar-refractivity contribution in [3.63, 3.8) is 0 Å². The Morgan fingerprint density at radius 2 is 2.04 bits per heavy atom. The van der Waals surface area contributed by atoms with Crippen molar-refractivity contribution in [3.8, 4) is 5.75 Å². The van der Waals surface area contributed by atoms with E-state index in [4.69, 9.17) is 9.72 Å². The van der Waals surface area contributed by atoms with Gasteiger partial charge in [-0.25, -0.2) is 9.37 Å². The van der Waals surface area contributed by atoms with Gasteiger partial charge in [0.25, 0.3) is 5.91 Å². The summed E-state index contributed by atoms with van der Waals surface area (Å²) in [6, 6.07) is 12.4. The fourth-order valence-electron chi connectivity index (χ4n) is 3.48. The van der Waals surface area contributed by atoms with Gasteiger partial charge >= 0.3 is 0 Å². The summed E-state index contributed by atoms with van der Waals surface area (Å²) < 4.78 is 20.7. The van der Waals surface area contributed by atoms with E-state index >= 15 is 0 Å². The minimum absolute atomic E-state index is 0.0426. The van der Waals surface area contributed by atoms with Gasteiger partial charge in [-0.3, -0.25) is 4.79 Å². The summed E-state index contributed by atoms with van der Waals surface area (Å²) in [5.74, 6) is 0.463. The second-order valence-corrected chi connectivity index (χ2v) is 8.87. The number of ether oxygens (including phenoxy) is 1. The topological polar surface area (TPSA) is 42.4 Å². The van der Waals surface area contributed by atoms with Crippen molar-refractivity contribution < 1.29 is 13.9 Å². The maximum atomic E-state index is 13.2. The lowest BCUT2D eigenvalue weighted by Gasteiger charge is -2.32. The molecule has 0 N–H and O–H groups in total. The highest BCUT2D eigenvalue weighted by Gasteiger charge is 2.29. The highest BCUT2D eigenvalue weighted by molar-refractivity contribution is 9.10. The van der Waals surface area contributed by atoms with Gasteiger partial charge in [-0.2, -0.15) is 0 Å². The lowest BCUT2D eigenvalue weighted by atomic mass is 9.97. The zero-order chi connectivity index (χ0) is 19.7. The van der Waals surface area contributed by atoms with E-state index in [9.17, 15) is 9.18 Å². The maximum absolute atomic E-state index is 13.2. The third-order valence-corrected chi connectivity index (χ3v) is 6.83. The number of nitrogens with zero attached hydrogens (tertiary/aromatic N) is 2. The predicted molar refractivity (Wildman–Crippen MR) is 112 cm³/mol. The Kier molecular flexibility index (Phi) is 5.64. The Bertz CT molecular complexity index is 968. The van der Waals surface area contributed by atoms with Crippen LogP contribution in [0.1, 0.15) is 30.7 Å². The number of amides is 1. The van der Waals surface area contributed by atoms with E-state index in [0.717, 1.165) is 23.4 Å². The Hall–Kier alpha value is -1.99. The number of likely N-dealkylation sites (tertiary alicyclic amines) is 1. The molecule has 1 atom stereocenters. The van der Waals surface area contributed by atoms with Crippen molar-refractivity contribution in [2.45, 2.75) is 31.8 Å². The van der Waals surface area contributed by atoms with E-state index in [0.29, 0.717) is 29.2 Å². The molecule has 1 amide bonds. The van der Waals surface area contributed by atoms with Gasteiger partial charge in [0.2, 0.25) is 0 Å². The molecule has 1 fully saturated rings. The minimum Gasteiger partial charge on any atom is -0.480 e. The largest absolute Gasteiger partial charge is 0.480 e. The van der Waals surface area contributed by atoms with Crippen LogP contribution < -0.4 is 4.74 Å². The SMILES string of the molecule is CC(Oc1ccc(F)cc1Br)C(=O)N1CCC(c2nc3ccccc3s2)CC1. The van der Waals surface area contributed by atoms with E-state index in [2.05, 4.69) is 22.0 Å². The van der Waals surface area contributed by atoms with Crippen molar-refractivity contribution in [2.24, 2.45) is 0 Å². The van der Waals surface area contributed by atoms with Crippen LogP contribution in [0.4, 0.5) is 4.39 Å². The number of piperidine rings is 1. The zero-order valence-electron chi connectivity index (χ0n) is 15.4. The van der Waals surface area contributed by atoms with Crippen LogP contribution in [-0.2, 0) is 4.79 Å². The molecule has 7 heteroatoms. The summed E-state index contributed by atoms with van der Waals surface area (Å²) in [6.07, 6.45) is 1.18. The van der Waals surface area contributed by atoms with E-state index in [-0.39, 0.29) is 11.7 Å². The number of hydrogen-bond donors (Lipinski definition) is 0. The number of fused-ring (bicyclic) bond motifs is 1. The van der Waals surface area contributed by atoms with Crippen LogP contribution in [-0.4, -0.2) is 35.0 Å². The Balaban J connectivity index is 1.36. The molecule has 3 aromatic rings. The van der Waals surface area contributed by atoms with Gasteiger partial charge in [0.1, 0.15) is 11.6 Å². The number of hydrogen-bond acceptors (Lipinski definition) is 4. The third-order valence-electron chi connectivity index (χ3n) is 5.01. The first-order chi connectivity index (χ1) is 13.5. The average molecular weight is 463 g/mol. The minimum atomic E-state index is -0.624. The number of benzene rings is 2. The molecule has 0 spiro atoms. The predicted octanol–water partition coefficient (Wildman–Crippen LogP) is 5.37. The summed E-state index contributed by atoms with van der Waals surface area (Å²) in [7, 11) is 0. The number of thiazole rings is 1. The average Bonchev–Trinajstić information content (AvgIpc) is 3.14. The quantitative estimate of drug-likeness (QED) is 0.523. The molecule has 0 radical (unpaired) electrons. The molecule has 1 aliphatic heterocycles. The summed E-state index contributed by atoms with van der Waals surface area (Å²) in [4.78, 5) is 19.4. The highest BCUT2D eigenvalue weighted by atomic mass is 79.9. The van der Waals surface area contributed by atoms with E-state index < -0.39 is 6.10 Å². The standard InChI is InChI=1S/C21H20BrFN2O2S/c1-13(27-18-7-6-15(23)12-16(18)22)21(26)25-10-8-14(9-11-25)20-24-17-4-2-3-5-19(17)28-20/h2-7,12-14H,8-11H2,1H3. The van der Waals surface area contributed by atoms with Gasteiger partial charge < -0.3 is 9.64 Å². The summed E-state index contributed by atoms with van der Waals surface area (Å²) in [5, 5.41) is 1.16. The summed E-state index contributed by atoms with van der Waals surface area (Å²) in [5.41, 5.74) is 1.05. The molecule has 2 heterocycles. The Morgan fingerprint density at radius 3 is 2.75 bits per heavy atom. The second-order valence-electron chi connectivity index (χ2n) is 6.95. The first kappa shape index (κ1) is 19.3. The first-order valence-corrected chi connectivity index (χ1v) is 10.9. The van der Waals surface area contributed by atoms with Crippen molar-refractivity contribution in [1.29, 1.82) is 0 Å². The number of carbonyl (C=O) groups is 1. The van der Waals surface area contributed by atoms with Crippen molar-refractivity contribution in [1.82, 2.24) is 9.88 Å². The lowest BCUT2D eigenvalue weighted by Crippen LogP contribution is -2.44. The molecule has 1 aliphatic rings. The van der Waals surface area contributed by atoms with Gasteiger partial charge in [0.15, 0.2) is 6.10 Å². The van der Waals surface area contributed by atoms with Gasteiger partial charge in [0.05, 0.1) is 19.7 Å². The molecule has 2 aromatic carbocycles. The number of rotatable bonds is 4. The fourth-order valence-corrected chi connectivity index (χ4v) is 5.06. The molecule has 0 aliphatic carbocycles. The molecule has 28 heavy (non-hydrogen) atoms. The van der Waals surface area contributed by atoms with Crippen molar-refractivity contribution in [2.75, 3.05) is 13.1 Å². The molecule has 4 rings (SSSR count). The van der Waals surface area contributed by atoms with Crippen LogP contribution in [0.15, 0.2) is 46.9 Å². The van der Waals surface area contributed by atoms with E-state index in [1.54, 1.807) is 18.3 Å². The molecule has 0 bridgehead atoms. The highest BCUT2D eigenvalue weighted by Crippen LogP contribution is 2.34. The van der Waals surface area contributed by atoms with E-state index in [1.165, 1.54) is 22.9 Å². The zero-order valence-corrected chi connectivity index (χ0v) is 17.8. The monoisotopic (exact) mass is 462 g/mol. The normalized spacial score (nSPS) is 16.3. The number of carbonyl (C=O) groups excluding carboxylic acids is 1. The van der Waals surface area contributed by atoms with E-state index in [1.807, 2.05) is 23.1 Å². The van der Waals surface area contributed by atoms with Crippen LogP contribution in [0, 0.1) is 5.82 Å². The summed E-state index contributed by atoms with van der Waals surface area (Å²) >= 11 is 5.02. The van der Waals surface area contributed by atoms with Crippen LogP contribution in [0.3, 0.4) is 0 Å². The molecular formula is C21H20BrFN2O2S. The molecule has 1 aromatic heterocycles. The summed E-state index contributed by atoms with van der Waals surface area (Å²) in [6.45, 7) is 3.12. The number of para-hydroxylation sites is 1. The first-order valence-electron chi connectivity index (χ1n) is 9.27. The van der Waals surface area contributed by atoms with Gasteiger partial charge in [-0.05, 0) is 66.0 Å². The Morgan fingerprint density at radius 1 is 1.29 bits per heavy atom. The van der Waals surface area contributed by atoms with Crippen LogP contribution in [0.25, 0.3) is 10.2 Å². The van der Waals surface area contributed by atoms with Gasteiger partial charge in [0, 0.05) is 19.0 Å². The van der Waals surface area contributed by atoms with Crippen molar-refractivity contribution in [3.05, 3.63) is 57.8 Å². The van der Waals surface area contributed by atoms with Crippen LogP contribution in [0.2, 0.25) is 0 Å². The lowest BCUT2D eigenvalue weighted by molar-refractivity contribution is -0.139. The molecule has 4 nitrogen and oxygen atoms in total. The number of aromatic nitrogens is 1. The van der Waals surface area contributed by atoms with Crippen molar-refractivity contribution >= 4 is 43.4 Å². The molecule has 1 saturated heterocycles. The van der Waals surface area contributed by atoms with Gasteiger partial charge in [-0.15, -0.1) is 11.3 Å². The smallest absolute Gasteiger partial charge is 0.263 e. The second kappa shape index (κ2) is 8.17. The maximum Gasteiger partial charge on any atom is 0.263 e. The molecule has 146 valence electrons. The van der Waals surface area contributed by atoms with Gasteiger partial charge in [-0.1, -0.05) is 12.1 Å². The molecule has 1 unspecified atom stereocenters. The fraction of sp³-hybridized carbons (Fsp3) is 0.333. The third kappa shape index (κ3) is 4.05. The Labute approximate surface area is 175 Å². The van der Waals surface area contributed by atoms with Crippen LogP contribution >= 0.6 is 27.3 Å². The number of halogens is 2. The molecule has 0 saturated carbocycles. The molecular weight excluding hydrogens is 443 g/mol. The van der Waals surface area contributed by atoms with Crippen LogP contribution in [0.5, 0.6) is 5.75 Å².